The number of rotatable bonds is 8. The molecule has 1 N–H and O–H groups in total. The standard InChI is InChI=1S/C6H14O7S2/c1-2-3-4-12-13-15(10,11)6-5-14(7,8)9/h2-6H2,1H3,(H,7,8,9). The molecule has 0 radical (unpaired) electrons. The van der Waals surface area contributed by atoms with Gasteiger partial charge in [0.05, 0.1) is 18.1 Å². The average molecular weight is 262 g/mol. The maximum atomic E-state index is 10.9. The summed E-state index contributed by atoms with van der Waals surface area (Å²) in [5, 5.41) is 0. The van der Waals surface area contributed by atoms with Crippen molar-refractivity contribution in [2.24, 2.45) is 0 Å². The van der Waals surface area contributed by atoms with Crippen LogP contribution in [0.2, 0.25) is 0 Å². The van der Waals surface area contributed by atoms with E-state index < -0.39 is 31.7 Å². The van der Waals surface area contributed by atoms with Gasteiger partial charge in [-0.15, -0.1) is 4.33 Å². The van der Waals surface area contributed by atoms with Crippen LogP contribution >= 0.6 is 0 Å². The summed E-state index contributed by atoms with van der Waals surface area (Å²) in [6.07, 6.45) is 1.45. The smallest absolute Gasteiger partial charge is 0.286 e. The summed E-state index contributed by atoms with van der Waals surface area (Å²) in [6, 6.07) is 0. The monoisotopic (exact) mass is 262 g/mol. The van der Waals surface area contributed by atoms with Crippen molar-refractivity contribution in [2.45, 2.75) is 19.8 Å². The molecule has 0 amide bonds. The van der Waals surface area contributed by atoms with Crippen LogP contribution < -0.4 is 0 Å². The van der Waals surface area contributed by atoms with Crippen molar-refractivity contribution in [1.29, 1.82) is 0 Å². The Labute approximate surface area is 89.2 Å². The van der Waals surface area contributed by atoms with E-state index >= 15 is 0 Å². The van der Waals surface area contributed by atoms with Crippen LogP contribution in [0, 0.1) is 0 Å². The lowest BCUT2D eigenvalue weighted by atomic mass is 10.4. The first kappa shape index (κ1) is 14.8. The van der Waals surface area contributed by atoms with Crippen LogP contribution in [0.1, 0.15) is 19.8 Å². The van der Waals surface area contributed by atoms with E-state index in [9.17, 15) is 16.8 Å². The Morgan fingerprint density at radius 3 is 2.20 bits per heavy atom. The van der Waals surface area contributed by atoms with Crippen molar-refractivity contribution in [3.05, 3.63) is 0 Å². The van der Waals surface area contributed by atoms with Gasteiger partial charge in [-0.1, -0.05) is 13.3 Å². The van der Waals surface area contributed by atoms with E-state index in [-0.39, 0.29) is 6.61 Å². The van der Waals surface area contributed by atoms with Crippen molar-refractivity contribution in [3.8, 4) is 0 Å². The summed E-state index contributed by atoms with van der Waals surface area (Å²) in [6.45, 7) is 2.00. The SMILES string of the molecule is CCCCOOS(=O)(=O)CCS(=O)(=O)O. The molecular formula is C6H14O7S2. The third-order valence-electron chi connectivity index (χ3n) is 1.32. The lowest BCUT2D eigenvalue weighted by Crippen LogP contribution is -2.19. The first-order valence-corrected chi connectivity index (χ1v) is 7.44. The molecule has 0 saturated carbocycles. The molecule has 0 saturated heterocycles. The van der Waals surface area contributed by atoms with Crippen LogP contribution in [0.15, 0.2) is 0 Å². The molecule has 0 rings (SSSR count). The van der Waals surface area contributed by atoms with Gasteiger partial charge < -0.3 is 0 Å². The molecule has 9 heteroatoms. The molecule has 0 fully saturated rings. The molecule has 0 aliphatic carbocycles. The van der Waals surface area contributed by atoms with Crippen LogP contribution in [0.25, 0.3) is 0 Å². The second kappa shape index (κ2) is 6.38. The van der Waals surface area contributed by atoms with Gasteiger partial charge in [-0.3, -0.25) is 4.55 Å². The summed E-state index contributed by atoms with van der Waals surface area (Å²) in [4.78, 5) is 4.34. The lowest BCUT2D eigenvalue weighted by Gasteiger charge is -2.02. The Balaban J connectivity index is 3.88. The predicted octanol–water partition coefficient (Wildman–Crippen LogP) is -0.0477. The van der Waals surface area contributed by atoms with Crippen molar-refractivity contribution in [1.82, 2.24) is 0 Å². The molecule has 92 valence electrons. The fraction of sp³-hybridized carbons (Fsp3) is 1.00. The first-order valence-electron chi connectivity index (χ1n) is 4.26. The summed E-state index contributed by atoms with van der Waals surface area (Å²) < 4.78 is 54.7. The summed E-state index contributed by atoms with van der Waals surface area (Å²) in [5.74, 6) is -1.75. The van der Waals surface area contributed by atoms with E-state index in [0.717, 1.165) is 6.42 Å². The van der Waals surface area contributed by atoms with Crippen LogP contribution in [-0.4, -0.2) is 39.5 Å². The largest absolute Gasteiger partial charge is 0.294 e. The zero-order valence-electron chi connectivity index (χ0n) is 8.25. The fourth-order valence-electron chi connectivity index (χ4n) is 0.552. The highest BCUT2D eigenvalue weighted by Crippen LogP contribution is 1.98. The van der Waals surface area contributed by atoms with Gasteiger partial charge in [0.25, 0.3) is 20.2 Å². The Hall–Kier alpha value is -0.220. The van der Waals surface area contributed by atoms with Gasteiger partial charge in [-0.25, -0.2) is 4.89 Å². The van der Waals surface area contributed by atoms with Crippen LogP contribution in [0.5, 0.6) is 0 Å². The van der Waals surface area contributed by atoms with E-state index in [1.165, 1.54) is 0 Å². The highest BCUT2D eigenvalue weighted by molar-refractivity contribution is 7.90. The average Bonchev–Trinajstić information content (AvgIpc) is 2.09. The molecule has 0 heterocycles. The zero-order valence-corrected chi connectivity index (χ0v) is 9.88. The second-order valence-electron chi connectivity index (χ2n) is 2.79. The van der Waals surface area contributed by atoms with Gasteiger partial charge in [0.15, 0.2) is 0 Å². The van der Waals surface area contributed by atoms with Gasteiger partial charge in [0, 0.05) is 0 Å². The quantitative estimate of drug-likeness (QED) is 0.283. The third kappa shape index (κ3) is 10.1. The molecule has 0 aliphatic heterocycles. The van der Waals surface area contributed by atoms with Crippen LogP contribution in [0.4, 0.5) is 0 Å². The maximum Gasteiger partial charge on any atom is 0.294 e. The summed E-state index contributed by atoms with van der Waals surface area (Å²) in [7, 11) is -8.36. The van der Waals surface area contributed by atoms with Crippen LogP contribution in [0.3, 0.4) is 0 Å². The van der Waals surface area contributed by atoms with Gasteiger partial charge in [-0.2, -0.15) is 16.8 Å². The molecule has 0 aromatic rings. The van der Waals surface area contributed by atoms with E-state index in [1.807, 2.05) is 6.92 Å². The highest BCUT2D eigenvalue weighted by atomic mass is 32.2. The molecule has 0 bridgehead atoms. The van der Waals surface area contributed by atoms with E-state index in [2.05, 4.69) is 9.22 Å². The molecule has 0 spiro atoms. The molecular weight excluding hydrogens is 248 g/mol. The van der Waals surface area contributed by atoms with Crippen molar-refractivity contribution < 1.29 is 30.6 Å². The lowest BCUT2D eigenvalue weighted by molar-refractivity contribution is -0.201. The Morgan fingerprint density at radius 1 is 1.13 bits per heavy atom. The van der Waals surface area contributed by atoms with Crippen molar-refractivity contribution >= 4 is 20.2 Å². The molecule has 7 nitrogen and oxygen atoms in total. The zero-order chi connectivity index (χ0) is 11.9. The van der Waals surface area contributed by atoms with Crippen LogP contribution in [-0.2, 0) is 29.5 Å². The van der Waals surface area contributed by atoms with Crippen molar-refractivity contribution in [2.75, 3.05) is 18.1 Å². The second-order valence-corrected chi connectivity index (χ2v) is 6.02. The minimum absolute atomic E-state index is 0.113. The molecule has 0 aromatic heterocycles. The predicted molar refractivity (Wildman–Crippen MR) is 52.1 cm³/mol. The van der Waals surface area contributed by atoms with Gasteiger partial charge >= 0.3 is 0 Å². The number of hydrogen-bond donors (Lipinski definition) is 1. The van der Waals surface area contributed by atoms with Crippen molar-refractivity contribution in [3.63, 3.8) is 0 Å². The van der Waals surface area contributed by atoms with E-state index in [4.69, 9.17) is 4.55 Å². The normalized spacial score (nSPS) is 12.9. The maximum absolute atomic E-state index is 10.9. The minimum atomic E-state index is -4.31. The Bertz CT molecular complexity index is 355. The minimum Gasteiger partial charge on any atom is -0.286 e. The first-order chi connectivity index (χ1) is 6.77. The summed E-state index contributed by atoms with van der Waals surface area (Å²) in [5.41, 5.74) is 0. The number of unbranched alkanes of at least 4 members (excludes halogenated alkanes) is 1. The van der Waals surface area contributed by atoms with Gasteiger partial charge in [0.1, 0.15) is 0 Å². The molecule has 0 aliphatic rings. The van der Waals surface area contributed by atoms with E-state index in [1.54, 1.807) is 0 Å². The Kier molecular flexibility index (Phi) is 6.29. The van der Waals surface area contributed by atoms with E-state index in [0.29, 0.717) is 6.42 Å². The highest BCUT2D eigenvalue weighted by Gasteiger charge is 2.17. The third-order valence-corrected chi connectivity index (χ3v) is 3.31. The fourth-order valence-corrected chi connectivity index (χ4v) is 2.49. The molecule has 15 heavy (non-hydrogen) atoms. The number of hydrogen-bond acceptors (Lipinski definition) is 6. The van der Waals surface area contributed by atoms with Gasteiger partial charge in [-0.05, 0) is 6.42 Å². The Morgan fingerprint density at radius 2 is 1.73 bits per heavy atom. The molecule has 0 atom stereocenters. The summed E-state index contributed by atoms with van der Waals surface area (Å²) >= 11 is 0. The molecule has 0 aromatic carbocycles. The topological polar surface area (TPSA) is 107 Å². The molecule has 0 unspecified atom stereocenters. The van der Waals surface area contributed by atoms with Gasteiger partial charge in [0.2, 0.25) is 0 Å².